The number of benzene rings is 2. The van der Waals surface area contributed by atoms with Gasteiger partial charge in [-0.3, -0.25) is 9.59 Å². The van der Waals surface area contributed by atoms with Gasteiger partial charge in [0.2, 0.25) is 0 Å². The Kier molecular flexibility index (Phi) is 6.03. The summed E-state index contributed by atoms with van der Waals surface area (Å²) in [6.45, 7) is 2.95. The Morgan fingerprint density at radius 2 is 1.83 bits per heavy atom. The molecule has 1 saturated heterocycles. The predicted octanol–water partition coefficient (Wildman–Crippen LogP) is 1.57. The fraction of sp³-hybridized carbons (Fsp3) is 0.304. The second-order valence-corrected chi connectivity index (χ2v) is 7.54. The highest BCUT2D eigenvalue weighted by Gasteiger charge is 2.46. The van der Waals surface area contributed by atoms with Gasteiger partial charge in [-0.25, -0.2) is 0 Å². The van der Waals surface area contributed by atoms with Gasteiger partial charge in [-0.05, 0) is 36.2 Å². The van der Waals surface area contributed by atoms with E-state index in [2.05, 4.69) is 0 Å². The maximum Gasteiger partial charge on any atom is 0.295 e. The topological polar surface area (TPSA) is 71.3 Å². The van der Waals surface area contributed by atoms with Crippen LogP contribution in [0.1, 0.15) is 22.7 Å². The van der Waals surface area contributed by atoms with Crippen molar-refractivity contribution in [1.29, 1.82) is 0 Å². The van der Waals surface area contributed by atoms with Crippen LogP contribution in [0, 0.1) is 6.92 Å². The molecule has 29 heavy (non-hydrogen) atoms. The van der Waals surface area contributed by atoms with E-state index in [1.165, 1.54) is 4.90 Å². The van der Waals surface area contributed by atoms with Crippen LogP contribution in [-0.2, 0) is 9.59 Å². The average Bonchev–Trinajstić information content (AvgIpc) is 2.97. The number of hydrogen-bond acceptors (Lipinski definition) is 4. The van der Waals surface area contributed by atoms with Crippen molar-refractivity contribution in [2.24, 2.45) is 0 Å². The maximum absolute atomic E-state index is 13.0. The second-order valence-electron chi connectivity index (χ2n) is 7.54. The summed E-state index contributed by atoms with van der Waals surface area (Å²) in [5.74, 6) is -0.724. The van der Waals surface area contributed by atoms with Crippen LogP contribution in [0.3, 0.4) is 0 Å². The van der Waals surface area contributed by atoms with E-state index in [0.717, 1.165) is 11.1 Å². The third-order valence-electron chi connectivity index (χ3n) is 5.20. The molecule has 3 rings (SSSR count). The van der Waals surface area contributed by atoms with Gasteiger partial charge in [-0.15, -0.1) is 0 Å². The molecule has 2 N–H and O–H groups in total. The number of quaternary nitrogens is 1. The number of ketones is 1. The highest BCUT2D eigenvalue weighted by Crippen LogP contribution is 2.39. The van der Waals surface area contributed by atoms with Crippen molar-refractivity contribution in [3.05, 3.63) is 70.8 Å². The van der Waals surface area contributed by atoms with Gasteiger partial charge in [-0.2, -0.15) is 0 Å². The fourth-order valence-corrected chi connectivity index (χ4v) is 3.61. The van der Waals surface area contributed by atoms with Crippen LogP contribution in [0.25, 0.3) is 5.76 Å². The number of methoxy groups -OCH3 is 1. The molecule has 0 aliphatic carbocycles. The molecule has 0 aromatic heterocycles. The number of carbonyl (C=O) groups is 2. The van der Waals surface area contributed by atoms with Crippen molar-refractivity contribution in [2.45, 2.75) is 13.0 Å². The van der Waals surface area contributed by atoms with E-state index < -0.39 is 17.7 Å². The van der Waals surface area contributed by atoms with E-state index in [9.17, 15) is 14.7 Å². The Hall–Kier alpha value is -3.12. The minimum absolute atomic E-state index is 0.128. The molecule has 1 aliphatic heterocycles. The number of aliphatic hydroxyl groups excluding tert-OH is 1. The zero-order valence-electron chi connectivity index (χ0n) is 17.2. The first-order chi connectivity index (χ1) is 13.8. The lowest BCUT2D eigenvalue weighted by Gasteiger charge is -2.25. The second kappa shape index (κ2) is 8.49. The lowest BCUT2D eigenvalue weighted by molar-refractivity contribution is -0.857. The molecule has 0 radical (unpaired) electrons. The van der Waals surface area contributed by atoms with Crippen molar-refractivity contribution in [3.63, 3.8) is 0 Å². The Morgan fingerprint density at radius 1 is 1.14 bits per heavy atom. The number of likely N-dealkylation sites (tertiary alicyclic amines) is 1. The SMILES string of the molecule is COc1ccc(C(O)=C2C(=O)C(=O)N(CC[NH+](C)C)[C@@H]2c2ccccc2)c(C)c1. The van der Waals surface area contributed by atoms with Crippen LogP contribution in [-0.4, -0.2) is 56.0 Å². The maximum atomic E-state index is 13.0. The van der Waals surface area contributed by atoms with Crippen molar-refractivity contribution in [2.75, 3.05) is 34.3 Å². The summed E-state index contributed by atoms with van der Waals surface area (Å²) in [5.41, 5.74) is 2.21. The molecule has 6 nitrogen and oxygen atoms in total. The summed E-state index contributed by atoms with van der Waals surface area (Å²) in [7, 11) is 5.56. The lowest BCUT2D eigenvalue weighted by atomic mass is 9.94. The molecule has 2 aromatic rings. The first-order valence-electron chi connectivity index (χ1n) is 9.62. The first-order valence-corrected chi connectivity index (χ1v) is 9.62. The largest absolute Gasteiger partial charge is 0.507 e. The van der Waals surface area contributed by atoms with Gasteiger partial charge in [0.25, 0.3) is 11.7 Å². The summed E-state index contributed by atoms with van der Waals surface area (Å²) in [4.78, 5) is 28.5. The monoisotopic (exact) mass is 395 g/mol. The van der Waals surface area contributed by atoms with Crippen LogP contribution < -0.4 is 9.64 Å². The van der Waals surface area contributed by atoms with Gasteiger partial charge in [0.1, 0.15) is 11.5 Å². The number of nitrogens with one attached hydrogen (secondary N) is 1. The molecule has 2 aromatic carbocycles. The number of ether oxygens (including phenoxy) is 1. The molecule has 1 atom stereocenters. The van der Waals surface area contributed by atoms with Gasteiger partial charge >= 0.3 is 0 Å². The summed E-state index contributed by atoms with van der Waals surface area (Å²) in [6.07, 6.45) is 0. The molecule has 152 valence electrons. The van der Waals surface area contributed by atoms with E-state index in [1.807, 2.05) is 51.4 Å². The van der Waals surface area contributed by atoms with E-state index >= 15 is 0 Å². The number of Topliss-reactive ketones (excluding diaryl/α,β-unsaturated/α-hetero) is 1. The molecular weight excluding hydrogens is 368 g/mol. The lowest BCUT2D eigenvalue weighted by Crippen LogP contribution is -3.06. The molecule has 0 unspecified atom stereocenters. The number of amides is 1. The van der Waals surface area contributed by atoms with Gasteiger partial charge in [0.05, 0.1) is 45.9 Å². The summed E-state index contributed by atoms with van der Waals surface area (Å²) in [6, 6.07) is 14.0. The molecule has 1 fully saturated rings. The van der Waals surface area contributed by atoms with Crippen molar-refractivity contribution >= 4 is 17.4 Å². The van der Waals surface area contributed by atoms with Crippen molar-refractivity contribution in [1.82, 2.24) is 4.90 Å². The number of carbonyl (C=O) groups excluding carboxylic acids is 2. The number of hydrogen-bond donors (Lipinski definition) is 2. The van der Waals surface area contributed by atoms with Crippen LogP contribution in [0.15, 0.2) is 54.1 Å². The molecule has 1 heterocycles. The van der Waals surface area contributed by atoms with Crippen molar-refractivity contribution in [3.8, 4) is 5.75 Å². The quantitative estimate of drug-likeness (QED) is 0.443. The number of rotatable bonds is 6. The van der Waals surface area contributed by atoms with Crippen LogP contribution >= 0.6 is 0 Å². The van der Waals surface area contributed by atoms with Gasteiger partial charge in [-0.1, -0.05) is 30.3 Å². The molecule has 0 bridgehead atoms. The van der Waals surface area contributed by atoms with Crippen LogP contribution in [0.5, 0.6) is 5.75 Å². The smallest absolute Gasteiger partial charge is 0.295 e. The Balaban J connectivity index is 2.15. The first kappa shape index (κ1) is 20.6. The zero-order chi connectivity index (χ0) is 21.1. The number of likely N-dealkylation sites (N-methyl/N-ethyl adjacent to an activating group) is 1. The van der Waals surface area contributed by atoms with Gasteiger partial charge < -0.3 is 19.6 Å². The summed E-state index contributed by atoms with van der Waals surface area (Å²) >= 11 is 0. The molecule has 0 saturated carbocycles. The molecule has 1 amide bonds. The minimum Gasteiger partial charge on any atom is -0.507 e. The van der Waals surface area contributed by atoms with E-state index in [4.69, 9.17) is 4.74 Å². The Bertz CT molecular complexity index is 951. The standard InChI is InChI=1S/C23H26N2O4/c1-15-14-17(29-4)10-11-18(15)21(26)19-20(16-8-6-5-7-9-16)25(13-12-24(2)3)23(28)22(19)27/h5-11,14,20,26H,12-13H2,1-4H3/p+1/t20-/m1/s1. The fourth-order valence-electron chi connectivity index (χ4n) is 3.61. The zero-order valence-corrected chi connectivity index (χ0v) is 17.2. The number of aryl methyl sites for hydroxylation is 1. The molecular formula is C23H27N2O4+. The minimum atomic E-state index is -0.652. The van der Waals surface area contributed by atoms with E-state index in [1.54, 1.807) is 30.2 Å². The average molecular weight is 395 g/mol. The van der Waals surface area contributed by atoms with E-state index in [0.29, 0.717) is 24.4 Å². The Morgan fingerprint density at radius 3 is 2.41 bits per heavy atom. The molecule has 1 aliphatic rings. The highest BCUT2D eigenvalue weighted by molar-refractivity contribution is 6.46. The van der Waals surface area contributed by atoms with Crippen LogP contribution in [0.2, 0.25) is 0 Å². The predicted molar refractivity (Wildman–Crippen MR) is 111 cm³/mol. The summed E-state index contributed by atoms with van der Waals surface area (Å²) < 4.78 is 5.23. The third-order valence-corrected chi connectivity index (χ3v) is 5.20. The molecule has 0 spiro atoms. The highest BCUT2D eigenvalue weighted by atomic mass is 16.5. The van der Waals surface area contributed by atoms with Crippen molar-refractivity contribution < 1.29 is 24.3 Å². The molecule has 6 heteroatoms. The number of nitrogens with zero attached hydrogens (tertiary/aromatic N) is 1. The van der Waals surface area contributed by atoms with Gasteiger partial charge in [0, 0.05) is 5.56 Å². The Labute approximate surface area is 171 Å². The van der Waals surface area contributed by atoms with Crippen LogP contribution in [0.4, 0.5) is 0 Å². The van der Waals surface area contributed by atoms with Gasteiger partial charge in [0.15, 0.2) is 0 Å². The normalized spacial score (nSPS) is 18.5. The third kappa shape index (κ3) is 4.03. The summed E-state index contributed by atoms with van der Waals surface area (Å²) in [5, 5.41) is 11.1. The number of aliphatic hydroxyl groups is 1. The van der Waals surface area contributed by atoms with E-state index in [-0.39, 0.29) is 11.3 Å².